The molecule has 1 atom stereocenters. The lowest BCUT2D eigenvalue weighted by molar-refractivity contribution is 0.160. The number of phenolic OH excluding ortho intramolecular Hbond substituents is 3. The maximum absolute atomic E-state index is 9.99. The molecule has 2 heterocycles. The molecule has 0 bridgehead atoms. The van der Waals surface area contributed by atoms with E-state index in [-0.39, 0.29) is 23.3 Å². The monoisotopic (exact) mass is 313 g/mol. The summed E-state index contributed by atoms with van der Waals surface area (Å²) in [5, 5.41) is 29.5. The first-order valence-corrected chi connectivity index (χ1v) is 7.74. The van der Waals surface area contributed by atoms with Gasteiger partial charge in [0.15, 0.2) is 23.0 Å². The lowest BCUT2D eigenvalue weighted by Gasteiger charge is -2.41. The Morgan fingerprint density at radius 3 is 2.39 bits per heavy atom. The molecule has 0 fully saturated rings. The Morgan fingerprint density at radius 1 is 0.957 bits per heavy atom. The van der Waals surface area contributed by atoms with Gasteiger partial charge >= 0.3 is 0 Å². The molecule has 0 saturated carbocycles. The van der Waals surface area contributed by atoms with Gasteiger partial charge in [0.05, 0.1) is 7.11 Å². The second-order valence-corrected chi connectivity index (χ2v) is 6.27. The van der Waals surface area contributed by atoms with Crippen LogP contribution >= 0.6 is 0 Å². The highest BCUT2D eigenvalue weighted by atomic mass is 16.5. The van der Waals surface area contributed by atoms with Gasteiger partial charge in [0.25, 0.3) is 0 Å². The summed E-state index contributed by atoms with van der Waals surface area (Å²) in [5.74, 6) is 0.533. The predicted octanol–water partition coefficient (Wildman–Crippen LogP) is 2.47. The van der Waals surface area contributed by atoms with Crippen LogP contribution in [0.25, 0.3) is 0 Å². The molecule has 5 heteroatoms. The Labute approximate surface area is 134 Å². The van der Waals surface area contributed by atoms with E-state index < -0.39 is 0 Å². The summed E-state index contributed by atoms with van der Waals surface area (Å²) in [7, 11) is 1.55. The first kappa shape index (κ1) is 14.2. The Hall–Kier alpha value is -2.40. The van der Waals surface area contributed by atoms with E-state index in [0.29, 0.717) is 5.75 Å². The highest BCUT2D eigenvalue weighted by Crippen LogP contribution is 2.43. The van der Waals surface area contributed by atoms with Crippen molar-refractivity contribution in [2.24, 2.45) is 0 Å². The lowest BCUT2D eigenvalue weighted by atomic mass is 9.83. The van der Waals surface area contributed by atoms with Crippen LogP contribution in [0.1, 0.15) is 28.3 Å². The minimum atomic E-state index is -0.0727. The fourth-order valence-corrected chi connectivity index (χ4v) is 3.79. The van der Waals surface area contributed by atoms with Crippen LogP contribution in [0.3, 0.4) is 0 Å². The molecular weight excluding hydrogens is 294 g/mol. The molecule has 23 heavy (non-hydrogen) atoms. The van der Waals surface area contributed by atoms with Gasteiger partial charge in [-0.25, -0.2) is 0 Å². The minimum absolute atomic E-state index is 0.0637. The van der Waals surface area contributed by atoms with Crippen LogP contribution in [-0.2, 0) is 19.4 Å². The van der Waals surface area contributed by atoms with Gasteiger partial charge in [0.1, 0.15) is 0 Å². The number of phenols is 3. The molecular formula is C18H19NO4. The molecule has 5 nitrogen and oxygen atoms in total. The molecule has 2 aliphatic heterocycles. The average Bonchev–Trinajstić information content (AvgIpc) is 2.53. The van der Waals surface area contributed by atoms with Crippen molar-refractivity contribution in [3.8, 4) is 23.0 Å². The van der Waals surface area contributed by atoms with Crippen molar-refractivity contribution in [2.75, 3.05) is 13.7 Å². The molecule has 4 rings (SSSR count). The highest BCUT2D eigenvalue weighted by molar-refractivity contribution is 5.51. The van der Waals surface area contributed by atoms with Crippen molar-refractivity contribution in [2.45, 2.75) is 25.4 Å². The molecule has 0 amide bonds. The summed E-state index contributed by atoms with van der Waals surface area (Å²) >= 11 is 0. The smallest absolute Gasteiger partial charge is 0.160 e. The molecule has 2 aromatic carbocycles. The number of hydrogen-bond acceptors (Lipinski definition) is 5. The molecule has 0 unspecified atom stereocenters. The van der Waals surface area contributed by atoms with Gasteiger partial charge in [0, 0.05) is 19.1 Å². The number of aromatic hydroxyl groups is 3. The van der Waals surface area contributed by atoms with E-state index in [0.717, 1.165) is 42.6 Å². The van der Waals surface area contributed by atoms with Crippen molar-refractivity contribution in [1.82, 2.24) is 4.90 Å². The Kier molecular flexibility index (Phi) is 3.13. The van der Waals surface area contributed by atoms with Crippen molar-refractivity contribution in [3.05, 3.63) is 46.5 Å². The first-order valence-electron chi connectivity index (χ1n) is 7.74. The van der Waals surface area contributed by atoms with Crippen LogP contribution in [0.2, 0.25) is 0 Å². The summed E-state index contributed by atoms with van der Waals surface area (Å²) < 4.78 is 5.25. The molecule has 0 radical (unpaired) electrons. The second kappa shape index (κ2) is 5.06. The van der Waals surface area contributed by atoms with E-state index in [2.05, 4.69) is 4.90 Å². The van der Waals surface area contributed by atoms with Crippen LogP contribution in [0, 0.1) is 0 Å². The van der Waals surface area contributed by atoms with E-state index in [1.165, 1.54) is 5.56 Å². The Bertz CT molecular complexity index is 787. The fraction of sp³-hybridized carbons (Fsp3) is 0.333. The molecule has 0 spiro atoms. The van der Waals surface area contributed by atoms with Crippen LogP contribution in [0.5, 0.6) is 23.0 Å². The maximum Gasteiger partial charge on any atom is 0.160 e. The third-order valence-corrected chi connectivity index (χ3v) is 4.99. The van der Waals surface area contributed by atoms with Gasteiger partial charge in [-0.2, -0.15) is 0 Å². The van der Waals surface area contributed by atoms with Gasteiger partial charge in [-0.05, 0) is 59.4 Å². The van der Waals surface area contributed by atoms with E-state index in [9.17, 15) is 15.3 Å². The SMILES string of the molecule is COc1cc2c(cc1O)CCN1Cc3cc(O)c(O)cc3C[C@@H]21. The number of benzene rings is 2. The number of ether oxygens (including phenoxy) is 1. The standard InChI is InChI=1S/C18H19NO4/c1-23-18-8-13-10(5-17(18)22)2-3-19-9-12-7-16(21)15(20)6-11(12)4-14(13)19/h5-8,14,20-22H,2-4,9H2,1H3/t14-/m0/s1. The summed E-state index contributed by atoms with van der Waals surface area (Å²) in [6.07, 6.45) is 1.65. The minimum Gasteiger partial charge on any atom is -0.504 e. The Balaban J connectivity index is 1.78. The number of nitrogens with zero attached hydrogens (tertiary/aromatic N) is 1. The molecule has 0 aliphatic carbocycles. The first-order chi connectivity index (χ1) is 11.1. The number of methoxy groups -OCH3 is 1. The zero-order valence-corrected chi connectivity index (χ0v) is 12.9. The van der Waals surface area contributed by atoms with E-state index >= 15 is 0 Å². The molecule has 120 valence electrons. The van der Waals surface area contributed by atoms with Crippen molar-refractivity contribution >= 4 is 0 Å². The average molecular weight is 313 g/mol. The van der Waals surface area contributed by atoms with Crippen LogP contribution in [0.15, 0.2) is 24.3 Å². The Morgan fingerprint density at radius 2 is 1.65 bits per heavy atom. The van der Waals surface area contributed by atoms with Gasteiger partial charge in [-0.1, -0.05) is 0 Å². The van der Waals surface area contributed by atoms with Crippen LogP contribution < -0.4 is 4.74 Å². The zero-order chi connectivity index (χ0) is 16.1. The quantitative estimate of drug-likeness (QED) is 0.705. The topological polar surface area (TPSA) is 73.2 Å². The summed E-state index contributed by atoms with van der Waals surface area (Å²) in [4.78, 5) is 2.37. The zero-order valence-electron chi connectivity index (χ0n) is 12.9. The van der Waals surface area contributed by atoms with Gasteiger partial charge in [-0.15, -0.1) is 0 Å². The number of fused-ring (bicyclic) bond motifs is 4. The predicted molar refractivity (Wildman–Crippen MR) is 85.0 cm³/mol. The second-order valence-electron chi connectivity index (χ2n) is 6.27. The number of hydrogen-bond donors (Lipinski definition) is 3. The summed E-state index contributed by atoms with van der Waals surface area (Å²) in [6, 6.07) is 7.24. The van der Waals surface area contributed by atoms with Gasteiger partial charge in [-0.3, -0.25) is 4.90 Å². The largest absolute Gasteiger partial charge is 0.504 e. The highest BCUT2D eigenvalue weighted by Gasteiger charge is 2.33. The molecule has 3 N–H and O–H groups in total. The molecule has 0 saturated heterocycles. The molecule has 2 aromatic rings. The maximum atomic E-state index is 9.99. The van der Waals surface area contributed by atoms with Crippen LogP contribution in [-0.4, -0.2) is 33.9 Å². The van der Waals surface area contributed by atoms with Crippen molar-refractivity contribution < 1.29 is 20.1 Å². The third kappa shape index (κ3) is 2.19. The normalized spacial score (nSPS) is 19.6. The summed E-state index contributed by atoms with van der Waals surface area (Å²) in [6.45, 7) is 1.65. The summed E-state index contributed by atoms with van der Waals surface area (Å²) in [5.41, 5.74) is 4.44. The van der Waals surface area contributed by atoms with Crippen molar-refractivity contribution in [3.63, 3.8) is 0 Å². The van der Waals surface area contributed by atoms with E-state index in [1.807, 2.05) is 6.07 Å². The van der Waals surface area contributed by atoms with E-state index in [1.54, 1.807) is 25.3 Å². The third-order valence-electron chi connectivity index (χ3n) is 4.99. The van der Waals surface area contributed by atoms with Gasteiger partial charge in [0.2, 0.25) is 0 Å². The van der Waals surface area contributed by atoms with E-state index in [4.69, 9.17) is 4.74 Å². The fourth-order valence-electron chi connectivity index (χ4n) is 3.79. The van der Waals surface area contributed by atoms with Crippen molar-refractivity contribution in [1.29, 1.82) is 0 Å². The molecule has 2 aliphatic rings. The van der Waals surface area contributed by atoms with Gasteiger partial charge < -0.3 is 20.1 Å². The lowest BCUT2D eigenvalue weighted by Crippen LogP contribution is -2.39. The van der Waals surface area contributed by atoms with Crippen LogP contribution in [0.4, 0.5) is 0 Å². The molecule has 0 aromatic heterocycles. The number of rotatable bonds is 1.